The van der Waals surface area contributed by atoms with Crippen LogP contribution in [0.3, 0.4) is 0 Å². The summed E-state index contributed by atoms with van der Waals surface area (Å²) in [4.78, 5) is 52.8. The molecule has 1 N–H and O–H groups in total. The van der Waals surface area contributed by atoms with E-state index in [1.807, 2.05) is 60.7 Å². The van der Waals surface area contributed by atoms with E-state index in [2.05, 4.69) is 5.43 Å². The number of hydrogen-bond acceptors (Lipinski definition) is 6. The third-order valence-corrected chi connectivity index (χ3v) is 6.35. The first-order chi connectivity index (χ1) is 18.5. The second-order valence-corrected chi connectivity index (χ2v) is 8.86. The van der Waals surface area contributed by atoms with Crippen LogP contribution < -0.4 is 5.43 Å². The molecule has 38 heavy (non-hydrogen) atoms. The molecule has 0 radical (unpaired) electrons. The zero-order chi connectivity index (χ0) is 26.5. The van der Waals surface area contributed by atoms with Gasteiger partial charge in [-0.3, -0.25) is 14.5 Å². The number of hydrogen-bond donors (Lipinski definition) is 1. The zero-order valence-electron chi connectivity index (χ0n) is 20.4. The Kier molecular flexibility index (Phi) is 7.17. The van der Waals surface area contributed by atoms with Crippen molar-refractivity contribution in [2.75, 3.05) is 0 Å². The lowest BCUT2D eigenvalue weighted by Gasteiger charge is -2.29. The average Bonchev–Trinajstić information content (AvgIpc) is 3.53. The van der Waals surface area contributed by atoms with Gasteiger partial charge >= 0.3 is 12.2 Å². The number of nitrogens with one attached hydrogen (secondary N) is 1. The summed E-state index contributed by atoms with van der Waals surface area (Å²) in [5.74, 6) is -0.788. The fraction of sp³-hybridized carbons (Fsp3) is 0.172. The lowest BCUT2D eigenvalue weighted by Crippen LogP contribution is -2.52. The zero-order valence-corrected chi connectivity index (χ0v) is 20.4. The van der Waals surface area contributed by atoms with E-state index in [0.717, 1.165) is 16.1 Å². The minimum absolute atomic E-state index is 0.00478. The maximum absolute atomic E-state index is 13.1. The summed E-state index contributed by atoms with van der Waals surface area (Å²) >= 11 is 0. The molecule has 0 spiro atoms. The molecule has 0 saturated carbocycles. The largest absolute Gasteiger partial charge is 0.443 e. The number of carbonyl (C=O) groups is 4. The number of carbonyl (C=O) groups excluding carboxylic acids is 4. The van der Waals surface area contributed by atoms with Crippen LogP contribution in [0.15, 0.2) is 97.1 Å². The van der Waals surface area contributed by atoms with E-state index in [0.29, 0.717) is 11.1 Å². The van der Waals surface area contributed by atoms with E-state index < -0.39 is 36.1 Å². The van der Waals surface area contributed by atoms with Crippen molar-refractivity contribution in [3.05, 3.63) is 119 Å². The Labute approximate surface area is 219 Å². The lowest BCUT2D eigenvalue weighted by atomic mass is 10.1. The van der Waals surface area contributed by atoms with Gasteiger partial charge in [0, 0.05) is 0 Å². The first kappa shape index (κ1) is 24.8. The number of benzene rings is 3. The second kappa shape index (κ2) is 11.0. The number of fused-ring (bicyclic) bond motifs is 1. The molecule has 0 bridgehead atoms. The molecule has 192 valence electrons. The van der Waals surface area contributed by atoms with Gasteiger partial charge in [0.2, 0.25) is 0 Å². The molecule has 1 heterocycles. The summed E-state index contributed by atoms with van der Waals surface area (Å²) in [6.45, 7) is 0.00688. The molecular formula is C29H25N3O6. The van der Waals surface area contributed by atoms with E-state index in [9.17, 15) is 19.2 Å². The molecular weight excluding hydrogens is 486 g/mol. The van der Waals surface area contributed by atoms with Crippen molar-refractivity contribution < 1.29 is 28.7 Å². The SMILES string of the molecule is O=C(NN(C(=O)OCc1ccccc1)[C@@H]1C=C[C@H](N2C(=O)c3ccccc3C2=O)C1)OCc1ccccc1. The Hall–Kier alpha value is -4.92. The maximum Gasteiger partial charge on any atom is 0.429 e. The van der Waals surface area contributed by atoms with Crippen molar-refractivity contribution in [1.29, 1.82) is 0 Å². The van der Waals surface area contributed by atoms with E-state index in [1.54, 1.807) is 36.4 Å². The van der Waals surface area contributed by atoms with Crippen LogP contribution in [0.5, 0.6) is 0 Å². The predicted octanol–water partition coefficient (Wildman–Crippen LogP) is 4.46. The second-order valence-electron chi connectivity index (χ2n) is 8.86. The summed E-state index contributed by atoms with van der Waals surface area (Å²) in [6, 6.07) is 23.6. The first-order valence-corrected chi connectivity index (χ1v) is 12.1. The molecule has 4 amide bonds. The Balaban J connectivity index is 1.28. The van der Waals surface area contributed by atoms with Crippen molar-refractivity contribution in [3.8, 4) is 0 Å². The van der Waals surface area contributed by atoms with Gasteiger partial charge in [0.05, 0.1) is 23.2 Å². The van der Waals surface area contributed by atoms with Gasteiger partial charge in [0.25, 0.3) is 11.8 Å². The van der Waals surface area contributed by atoms with Gasteiger partial charge in [-0.15, -0.1) is 0 Å². The molecule has 1 aliphatic carbocycles. The molecule has 2 atom stereocenters. The van der Waals surface area contributed by atoms with Crippen LogP contribution in [0, 0.1) is 0 Å². The van der Waals surface area contributed by atoms with Crippen LogP contribution in [-0.4, -0.2) is 46.0 Å². The standard InChI is InChI=1S/C29H25N3O6/c33-26-24-13-7-8-14-25(24)27(34)31(26)22-15-16-23(17-22)32(29(36)38-19-21-11-5-2-6-12-21)30-28(35)37-18-20-9-3-1-4-10-20/h1-16,22-23H,17-19H2,(H,30,35)/t22-,23+/m0/s1. The smallest absolute Gasteiger partial charge is 0.429 e. The monoisotopic (exact) mass is 511 g/mol. The normalized spacial score (nSPS) is 17.7. The highest BCUT2D eigenvalue weighted by Crippen LogP contribution is 2.30. The Morgan fingerprint density at radius 3 is 1.87 bits per heavy atom. The lowest BCUT2D eigenvalue weighted by molar-refractivity contribution is 0.0481. The summed E-state index contributed by atoms with van der Waals surface area (Å²) in [5.41, 5.74) is 4.72. The van der Waals surface area contributed by atoms with Crippen LogP contribution in [0.1, 0.15) is 38.3 Å². The molecule has 9 heteroatoms. The van der Waals surface area contributed by atoms with E-state index in [1.165, 1.54) is 4.90 Å². The molecule has 0 saturated heterocycles. The Morgan fingerprint density at radius 1 is 0.763 bits per heavy atom. The summed E-state index contributed by atoms with van der Waals surface area (Å²) in [5, 5.41) is 1.03. The number of ether oxygens (including phenoxy) is 2. The van der Waals surface area contributed by atoms with Crippen LogP contribution in [-0.2, 0) is 22.7 Å². The van der Waals surface area contributed by atoms with Gasteiger partial charge in [-0.1, -0.05) is 84.9 Å². The third-order valence-electron chi connectivity index (χ3n) is 6.35. The van der Waals surface area contributed by atoms with Crippen molar-refractivity contribution in [3.63, 3.8) is 0 Å². The van der Waals surface area contributed by atoms with Gasteiger partial charge < -0.3 is 9.47 Å². The maximum atomic E-state index is 13.1. The minimum atomic E-state index is -0.844. The number of amides is 4. The fourth-order valence-corrected chi connectivity index (χ4v) is 4.46. The fourth-order valence-electron chi connectivity index (χ4n) is 4.46. The van der Waals surface area contributed by atoms with E-state index in [-0.39, 0.29) is 19.6 Å². The van der Waals surface area contributed by atoms with Crippen molar-refractivity contribution in [2.45, 2.75) is 31.7 Å². The Bertz CT molecular complexity index is 1340. The van der Waals surface area contributed by atoms with Crippen LogP contribution in [0.4, 0.5) is 9.59 Å². The highest BCUT2D eigenvalue weighted by atomic mass is 16.6. The van der Waals surface area contributed by atoms with E-state index >= 15 is 0 Å². The number of hydrazine groups is 1. The topological polar surface area (TPSA) is 105 Å². The van der Waals surface area contributed by atoms with Crippen LogP contribution in [0.25, 0.3) is 0 Å². The highest BCUT2D eigenvalue weighted by Gasteiger charge is 2.42. The summed E-state index contributed by atoms with van der Waals surface area (Å²) < 4.78 is 10.7. The van der Waals surface area contributed by atoms with Gasteiger partial charge in [0.1, 0.15) is 13.2 Å². The van der Waals surface area contributed by atoms with Gasteiger partial charge in [0.15, 0.2) is 0 Å². The molecule has 0 fully saturated rings. The van der Waals surface area contributed by atoms with Crippen molar-refractivity contribution in [2.24, 2.45) is 0 Å². The molecule has 3 aromatic rings. The van der Waals surface area contributed by atoms with Gasteiger partial charge in [-0.2, -0.15) is 0 Å². The number of nitrogens with zero attached hydrogens (tertiary/aromatic N) is 2. The predicted molar refractivity (Wildman–Crippen MR) is 137 cm³/mol. The summed E-state index contributed by atoms with van der Waals surface area (Å²) in [6.07, 6.45) is 1.88. The molecule has 3 aromatic carbocycles. The average molecular weight is 512 g/mol. The van der Waals surface area contributed by atoms with Gasteiger partial charge in [-0.05, 0) is 29.7 Å². The van der Waals surface area contributed by atoms with Gasteiger partial charge in [-0.25, -0.2) is 20.0 Å². The molecule has 5 rings (SSSR count). The quantitative estimate of drug-likeness (QED) is 0.298. The number of imide groups is 1. The molecule has 0 aromatic heterocycles. The van der Waals surface area contributed by atoms with Crippen LogP contribution >= 0.6 is 0 Å². The third kappa shape index (κ3) is 5.27. The first-order valence-electron chi connectivity index (χ1n) is 12.1. The van der Waals surface area contributed by atoms with Crippen molar-refractivity contribution >= 4 is 24.0 Å². The number of rotatable bonds is 6. The molecule has 0 unspecified atom stereocenters. The molecule has 9 nitrogen and oxygen atoms in total. The van der Waals surface area contributed by atoms with Crippen LogP contribution in [0.2, 0.25) is 0 Å². The molecule has 1 aliphatic heterocycles. The highest BCUT2D eigenvalue weighted by molar-refractivity contribution is 6.21. The van der Waals surface area contributed by atoms with Crippen molar-refractivity contribution in [1.82, 2.24) is 15.3 Å². The summed E-state index contributed by atoms with van der Waals surface area (Å²) in [7, 11) is 0. The van der Waals surface area contributed by atoms with E-state index in [4.69, 9.17) is 9.47 Å². The molecule has 2 aliphatic rings. The Morgan fingerprint density at radius 2 is 1.29 bits per heavy atom. The minimum Gasteiger partial charge on any atom is -0.443 e.